The Morgan fingerprint density at radius 3 is 1.96 bits per heavy atom. The Bertz CT molecular complexity index is 1930. The SMILES string of the molecule is CC(=O)NCCCCCC(=O)NCc1cccc(-c2cccc(C3OC(CN(Cc4ccccc4)Cc4ccccc4)C(C)C(c4ccc(CO)cc4)O3)c2)c1. The standard InChI is InChI=1S/C48H55N3O5/c1-35-45(33-51(31-37-14-6-3-7-15-37)32-38-16-8-4-9-17-38)55-48(56-47(35)41-25-23-39(34-52)24-26-41)44-21-13-20-43(29-44)42-19-12-18-40(28-42)30-50-46(54)22-10-5-11-27-49-36(2)53/h3-4,6-9,12-21,23-26,28-29,35,45,47-48,52H,5,10-11,22,27,30-34H2,1-2H3,(H,49,53)(H,50,54). The molecule has 1 aliphatic heterocycles. The number of ether oxygens (including phenoxy) is 2. The number of nitrogens with one attached hydrogen (secondary N) is 2. The molecule has 1 heterocycles. The number of benzene rings is 5. The number of carbonyl (C=O) groups is 2. The monoisotopic (exact) mass is 753 g/mol. The Balaban J connectivity index is 1.19. The molecule has 2 amide bonds. The zero-order valence-corrected chi connectivity index (χ0v) is 32.6. The van der Waals surface area contributed by atoms with Gasteiger partial charge in [0.05, 0.1) is 18.8 Å². The van der Waals surface area contributed by atoms with Crippen LogP contribution in [0.3, 0.4) is 0 Å². The lowest BCUT2D eigenvalue weighted by molar-refractivity contribution is -0.276. The van der Waals surface area contributed by atoms with Crippen molar-refractivity contribution in [3.05, 3.63) is 167 Å². The molecule has 0 spiro atoms. The number of carbonyl (C=O) groups excluding carboxylic acids is 2. The second kappa shape index (κ2) is 20.7. The van der Waals surface area contributed by atoms with Crippen molar-refractivity contribution in [2.45, 2.75) is 84.3 Å². The minimum Gasteiger partial charge on any atom is -0.392 e. The van der Waals surface area contributed by atoms with Crippen molar-refractivity contribution in [3.63, 3.8) is 0 Å². The fourth-order valence-electron chi connectivity index (χ4n) is 7.32. The summed E-state index contributed by atoms with van der Waals surface area (Å²) in [6.45, 7) is 7.10. The molecule has 0 aliphatic carbocycles. The highest BCUT2D eigenvalue weighted by atomic mass is 16.7. The number of rotatable bonds is 18. The Labute approximate surface area is 331 Å². The summed E-state index contributed by atoms with van der Waals surface area (Å²) in [4.78, 5) is 26.1. The molecule has 5 aromatic rings. The summed E-state index contributed by atoms with van der Waals surface area (Å²) >= 11 is 0. The minimum absolute atomic E-state index is 0.00780. The van der Waals surface area contributed by atoms with E-state index in [-0.39, 0.29) is 36.5 Å². The van der Waals surface area contributed by atoms with Crippen molar-refractivity contribution in [1.82, 2.24) is 15.5 Å². The molecule has 0 saturated carbocycles. The highest BCUT2D eigenvalue weighted by Crippen LogP contribution is 2.42. The molecule has 4 atom stereocenters. The van der Waals surface area contributed by atoms with Crippen LogP contribution in [0.2, 0.25) is 0 Å². The molecule has 1 aliphatic rings. The summed E-state index contributed by atoms with van der Waals surface area (Å²) in [5, 5.41) is 15.6. The third-order valence-corrected chi connectivity index (χ3v) is 10.4. The Kier molecular flexibility index (Phi) is 15.0. The molecule has 0 aromatic heterocycles. The largest absolute Gasteiger partial charge is 0.392 e. The van der Waals surface area contributed by atoms with E-state index >= 15 is 0 Å². The third-order valence-electron chi connectivity index (χ3n) is 10.4. The van der Waals surface area contributed by atoms with Gasteiger partial charge in [-0.1, -0.05) is 135 Å². The van der Waals surface area contributed by atoms with Gasteiger partial charge in [0.1, 0.15) is 0 Å². The molecular weight excluding hydrogens is 699 g/mol. The van der Waals surface area contributed by atoms with Crippen LogP contribution in [0.4, 0.5) is 0 Å². The van der Waals surface area contributed by atoms with Crippen molar-refractivity contribution in [2.75, 3.05) is 13.1 Å². The molecular formula is C48H55N3O5. The first-order valence-corrected chi connectivity index (χ1v) is 19.9. The lowest BCUT2D eigenvalue weighted by Crippen LogP contribution is -2.44. The van der Waals surface area contributed by atoms with Crippen molar-refractivity contribution >= 4 is 11.8 Å². The quantitative estimate of drug-likeness (QED) is 0.0776. The average molecular weight is 754 g/mol. The zero-order chi connectivity index (χ0) is 39.1. The molecule has 6 rings (SSSR count). The van der Waals surface area contributed by atoms with Crippen LogP contribution in [0.1, 0.15) is 85.3 Å². The second-order valence-electron chi connectivity index (χ2n) is 14.9. The van der Waals surface area contributed by atoms with Crippen LogP contribution >= 0.6 is 0 Å². The Morgan fingerprint density at radius 2 is 1.30 bits per heavy atom. The Morgan fingerprint density at radius 1 is 0.661 bits per heavy atom. The van der Waals surface area contributed by atoms with E-state index in [0.717, 1.165) is 65.7 Å². The molecule has 1 saturated heterocycles. The van der Waals surface area contributed by atoms with Gasteiger partial charge in [0.15, 0.2) is 6.29 Å². The third kappa shape index (κ3) is 11.9. The highest BCUT2D eigenvalue weighted by Gasteiger charge is 2.39. The van der Waals surface area contributed by atoms with E-state index in [9.17, 15) is 14.7 Å². The first-order chi connectivity index (χ1) is 27.3. The molecule has 5 aromatic carbocycles. The molecule has 8 nitrogen and oxygen atoms in total. The zero-order valence-electron chi connectivity index (χ0n) is 32.6. The number of hydrogen-bond acceptors (Lipinski definition) is 6. The first kappa shape index (κ1) is 40.5. The van der Waals surface area contributed by atoms with Gasteiger partial charge in [-0.2, -0.15) is 0 Å². The molecule has 56 heavy (non-hydrogen) atoms. The summed E-state index contributed by atoms with van der Waals surface area (Å²) in [5.74, 6) is 0.0419. The molecule has 3 N–H and O–H groups in total. The number of amides is 2. The summed E-state index contributed by atoms with van der Waals surface area (Å²) < 4.78 is 13.8. The van der Waals surface area contributed by atoms with Crippen molar-refractivity contribution in [3.8, 4) is 11.1 Å². The van der Waals surface area contributed by atoms with Crippen molar-refractivity contribution in [2.24, 2.45) is 5.92 Å². The molecule has 1 fully saturated rings. The van der Waals surface area contributed by atoms with E-state index in [2.05, 4.69) is 126 Å². The molecule has 0 radical (unpaired) electrons. The lowest BCUT2D eigenvalue weighted by atomic mass is 9.89. The van der Waals surface area contributed by atoms with Gasteiger partial charge in [-0.15, -0.1) is 0 Å². The van der Waals surface area contributed by atoms with Crippen LogP contribution in [0, 0.1) is 5.92 Å². The van der Waals surface area contributed by atoms with Gasteiger partial charge in [0.2, 0.25) is 11.8 Å². The van der Waals surface area contributed by atoms with Crippen molar-refractivity contribution in [1.29, 1.82) is 0 Å². The number of aliphatic hydroxyl groups is 1. The van der Waals surface area contributed by atoms with Gasteiger partial charge in [-0.05, 0) is 63.9 Å². The summed E-state index contributed by atoms with van der Waals surface area (Å²) in [5.41, 5.74) is 8.47. The fraction of sp³-hybridized carbons (Fsp3) is 0.333. The maximum absolute atomic E-state index is 12.6. The first-order valence-electron chi connectivity index (χ1n) is 19.9. The number of unbranched alkanes of at least 4 members (excludes halogenated alkanes) is 2. The average Bonchev–Trinajstić information content (AvgIpc) is 3.23. The summed E-state index contributed by atoms with van der Waals surface area (Å²) in [6, 6.07) is 45.8. The van der Waals surface area contributed by atoms with Crippen LogP contribution in [-0.4, -0.2) is 41.0 Å². The van der Waals surface area contributed by atoms with Gasteiger partial charge in [0.25, 0.3) is 0 Å². The lowest BCUT2D eigenvalue weighted by Gasteiger charge is -2.43. The normalized spacial score (nSPS) is 18.1. The van der Waals surface area contributed by atoms with E-state index < -0.39 is 6.29 Å². The second-order valence-corrected chi connectivity index (χ2v) is 14.9. The van der Waals surface area contributed by atoms with Gasteiger partial charge in [-0.3, -0.25) is 14.5 Å². The summed E-state index contributed by atoms with van der Waals surface area (Å²) in [6.07, 6.45) is 2.04. The maximum Gasteiger partial charge on any atom is 0.220 e. The highest BCUT2D eigenvalue weighted by molar-refractivity contribution is 5.76. The van der Waals surface area contributed by atoms with E-state index in [1.54, 1.807) is 0 Å². The molecule has 4 unspecified atom stereocenters. The Hall–Kier alpha value is -5.12. The van der Waals surface area contributed by atoms with E-state index in [1.807, 2.05) is 30.3 Å². The van der Waals surface area contributed by atoms with E-state index in [0.29, 0.717) is 26.1 Å². The van der Waals surface area contributed by atoms with Crippen LogP contribution < -0.4 is 10.6 Å². The van der Waals surface area contributed by atoms with Crippen molar-refractivity contribution < 1.29 is 24.2 Å². The summed E-state index contributed by atoms with van der Waals surface area (Å²) in [7, 11) is 0. The van der Waals surface area contributed by atoms with Gasteiger partial charge >= 0.3 is 0 Å². The smallest absolute Gasteiger partial charge is 0.220 e. The predicted octanol–water partition coefficient (Wildman–Crippen LogP) is 8.65. The molecule has 292 valence electrons. The van der Waals surface area contributed by atoms with Crippen LogP contribution in [-0.2, 0) is 45.3 Å². The number of nitrogens with zero attached hydrogens (tertiary/aromatic N) is 1. The predicted molar refractivity (Wildman–Crippen MR) is 221 cm³/mol. The fourth-order valence-corrected chi connectivity index (χ4v) is 7.32. The number of hydrogen-bond donors (Lipinski definition) is 3. The van der Waals surface area contributed by atoms with Crippen LogP contribution in [0.15, 0.2) is 133 Å². The van der Waals surface area contributed by atoms with Crippen LogP contribution in [0.5, 0.6) is 0 Å². The van der Waals surface area contributed by atoms with E-state index in [1.165, 1.54) is 18.1 Å². The van der Waals surface area contributed by atoms with Gasteiger partial charge < -0.3 is 25.2 Å². The molecule has 0 bridgehead atoms. The van der Waals surface area contributed by atoms with E-state index in [4.69, 9.17) is 9.47 Å². The topological polar surface area (TPSA) is 100 Å². The van der Waals surface area contributed by atoms with Crippen LogP contribution in [0.25, 0.3) is 11.1 Å². The number of aliphatic hydroxyl groups excluding tert-OH is 1. The van der Waals surface area contributed by atoms with Gasteiger partial charge in [-0.25, -0.2) is 0 Å². The maximum atomic E-state index is 12.6. The van der Waals surface area contributed by atoms with Gasteiger partial charge in [0, 0.05) is 57.5 Å². The molecule has 8 heteroatoms. The minimum atomic E-state index is -0.602.